The van der Waals surface area contributed by atoms with E-state index in [1.165, 1.54) is 6.07 Å². The molecule has 0 aliphatic carbocycles. The van der Waals surface area contributed by atoms with Crippen LogP contribution >= 0.6 is 35.8 Å². The molecule has 0 aliphatic rings. The van der Waals surface area contributed by atoms with Gasteiger partial charge in [-0.15, -0.1) is 12.4 Å². The summed E-state index contributed by atoms with van der Waals surface area (Å²) in [5.74, 6) is 0. The molecule has 0 unspecified atom stereocenters. The zero-order valence-electron chi connectivity index (χ0n) is 14.7. The molecule has 5 nitrogen and oxygen atoms in total. The Hall–Kier alpha value is -2.54. The van der Waals surface area contributed by atoms with Crippen LogP contribution in [-0.4, -0.2) is 15.0 Å². The zero-order valence-corrected chi connectivity index (χ0v) is 17.0. The summed E-state index contributed by atoms with van der Waals surface area (Å²) in [6.45, 7) is 1.74. The highest BCUT2D eigenvalue weighted by Gasteiger charge is 2.17. The molecule has 4 aromatic rings. The molecule has 2 aromatic carbocycles. The van der Waals surface area contributed by atoms with Crippen molar-refractivity contribution in [2.45, 2.75) is 17.0 Å². The fraction of sp³-hybridized carbons (Fsp3) is 0.0500. The Balaban J connectivity index is 0.00000225. The summed E-state index contributed by atoms with van der Waals surface area (Å²) in [6.07, 6.45) is 0. The minimum atomic E-state index is -0.258. The Kier molecular flexibility index (Phi) is 5.93. The smallest absolute Gasteiger partial charge is 0.263 e. The molecule has 0 spiro atoms. The maximum Gasteiger partial charge on any atom is 0.263 e. The Morgan fingerprint density at radius 1 is 1.00 bits per heavy atom. The number of nitrogens with one attached hydrogen (secondary N) is 2. The molecule has 4 rings (SSSR count). The maximum atomic E-state index is 12.9. The molecule has 2 aromatic heterocycles. The van der Waals surface area contributed by atoms with Gasteiger partial charge in [-0.2, -0.15) is 0 Å². The van der Waals surface area contributed by atoms with Gasteiger partial charge in [0.2, 0.25) is 0 Å². The number of H-pyrrole nitrogens is 2. The Morgan fingerprint density at radius 3 is 2.46 bits per heavy atom. The van der Waals surface area contributed by atoms with Crippen LogP contribution in [0.3, 0.4) is 0 Å². The predicted octanol–water partition coefficient (Wildman–Crippen LogP) is 4.81. The number of aromatic nitrogens is 3. The number of pyridine rings is 1. The van der Waals surface area contributed by atoms with Crippen molar-refractivity contribution < 1.29 is 0 Å². The van der Waals surface area contributed by atoms with E-state index in [0.717, 1.165) is 28.3 Å². The maximum absolute atomic E-state index is 12.9. The molecule has 2 heterocycles. The minimum absolute atomic E-state index is 0. The van der Waals surface area contributed by atoms with Gasteiger partial charge in [0, 0.05) is 33.2 Å². The van der Waals surface area contributed by atoms with Gasteiger partial charge < -0.3 is 9.97 Å². The van der Waals surface area contributed by atoms with Crippen LogP contribution in [-0.2, 0) is 0 Å². The first kappa shape index (κ1) is 20.2. The number of benzene rings is 2. The van der Waals surface area contributed by atoms with Crippen LogP contribution in [0.2, 0.25) is 5.02 Å². The third-order valence-corrected chi connectivity index (χ3v) is 5.26. The fourth-order valence-electron chi connectivity index (χ4n) is 2.93. The Bertz CT molecular complexity index is 1270. The molecule has 0 amide bonds. The highest BCUT2D eigenvalue weighted by atomic mass is 35.5. The molecular formula is C20H15Cl2N3O2S. The summed E-state index contributed by atoms with van der Waals surface area (Å²) in [7, 11) is 0. The van der Waals surface area contributed by atoms with Crippen molar-refractivity contribution in [3.05, 3.63) is 86.0 Å². The van der Waals surface area contributed by atoms with Gasteiger partial charge >= 0.3 is 0 Å². The summed E-state index contributed by atoms with van der Waals surface area (Å²) >= 11 is 7.34. The predicted molar refractivity (Wildman–Crippen MR) is 116 cm³/mol. The largest absolute Gasteiger partial charge is 0.321 e. The normalized spacial score (nSPS) is 10.6. The molecule has 0 bridgehead atoms. The number of rotatable bonds is 3. The van der Waals surface area contributed by atoms with Crippen molar-refractivity contribution in [1.82, 2.24) is 15.0 Å². The third kappa shape index (κ3) is 3.99. The van der Waals surface area contributed by atoms with E-state index in [0.29, 0.717) is 26.3 Å². The van der Waals surface area contributed by atoms with Gasteiger partial charge in [-0.3, -0.25) is 9.59 Å². The molecule has 0 fully saturated rings. The van der Waals surface area contributed by atoms with Crippen molar-refractivity contribution in [2.75, 3.05) is 0 Å². The van der Waals surface area contributed by atoms with Crippen LogP contribution in [0.1, 0.15) is 5.69 Å². The lowest BCUT2D eigenvalue weighted by Gasteiger charge is -2.12. The number of hydrogen-bond donors (Lipinski definition) is 2. The average Bonchev–Trinajstić information content (AvgIpc) is 2.63. The number of aromatic amines is 2. The van der Waals surface area contributed by atoms with Gasteiger partial charge in [0.25, 0.3) is 11.1 Å². The molecule has 2 N–H and O–H groups in total. The van der Waals surface area contributed by atoms with E-state index in [2.05, 4.69) is 15.0 Å². The van der Waals surface area contributed by atoms with Crippen molar-refractivity contribution >= 4 is 46.7 Å². The lowest BCUT2D eigenvalue weighted by atomic mass is 10.0. The van der Waals surface area contributed by atoms with Gasteiger partial charge in [0.1, 0.15) is 0 Å². The molecule has 8 heteroatoms. The average molecular weight is 432 g/mol. The lowest BCUT2D eigenvalue weighted by Crippen LogP contribution is -2.13. The SMILES string of the molecule is Cc1cc(=O)[nH]c(Sc2c(-c3ccccc3)c3cc(Cl)ccc3[nH]c2=O)n1.Cl. The molecule has 28 heavy (non-hydrogen) atoms. The molecule has 0 aliphatic heterocycles. The zero-order chi connectivity index (χ0) is 19.0. The van der Waals surface area contributed by atoms with Gasteiger partial charge in [-0.25, -0.2) is 4.98 Å². The number of hydrogen-bond acceptors (Lipinski definition) is 4. The lowest BCUT2D eigenvalue weighted by molar-refractivity contribution is 0.904. The molecule has 0 saturated heterocycles. The summed E-state index contributed by atoms with van der Waals surface area (Å²) in [4.78, 5) is 35.0. The summed E-state index contributed by atoms with van der Waals surface area (Å²) in [5, 5.41) is 1.76. The topological polar surface area (TPSA) is 78.6 Å². The van der Waals surface area contributed by atoms with Crippen molar-refractivity contribution in [3.63, 3.8) is 0 Å². The number of fused-ring (bicyclic) bond motifs is 1. The van der Waals surface area contributed by atoms with Crippen molar-refractivity contribution in [2.24, 2.45) is 0 Å². The van der Waals surface area contributed by atoms with Crippen LogP contribution in [0.4, 0.5) is 0 Å². The van der Waals surface area contributed by atoms with Crippen LogP contribution in [0.25, 0.3) is 22.0 Å². The second-order valence-electron chi connectivity index (χ2n) is 6.01. The van der Waals surface area contributed by atoms with Gasteiger partial charge in [-0.05, 0) is 42.4 Å². The standard InChI is InChI=1S/C20H14ClN3O2S.ClH/c1-11-9-16(25)24-20(22-11)27-18-17(12-5-3-2-4-6-12)14-10-13(21)7-8-15(14)23-19(18)26;/h2-10H,1H3,(H,23,26)(H,22,24,25);1H. The second-order valence-corrected chi connectivity index (χ2v) is 7.44. The van der Waals surface area contributed by atoms with Crippen LogP contribution in [0, 0.1) is 6.92 Å². The second kappa shape index (κ2) is 8.22. The van der Waals surface area contributed by atoms with E-state index in [-0.39, 0.29) is 23.5 Å². The first-order valence-electron chi connectivity index (χ1n) is 8.18. The third-order valence-electron chi connectivity index (χ3n) is 4.04. The highest BCUT2D eigenvalue weighted by Crippen LogP contribution is 2.37. The summed E-state index contributed by atoms with van der Waals surface area (Å²) in [6, 6.07) is 16.4. The van der Waals surface area contributed by atoms with Crippen LogP contribution in [0.15, 0.2) is 74.2 Å². The van der Waals surface area contributed by atoms with Gasteiger partial charge in [0.15, 0.2) is 5.16 Å². The van der Waals surface area contributed by atoms with Gasteiger partial charge in [-0.1, -0.05) is 41.9 Å². The summed E-state index contributed by atoms with van der Waals surface area (Å²) in [5.41, 5.74) is 2.41. The fourth-order valence-corrected chi connectivity index (χ4v) is 4.11. The highest BCUT2D eigenvalue weighted by molar-refractivity contribution is 7.99. The first-order valence-corrected chi connectivity index (χ1v) is 9.37. The molecule has 142 valence electrons. The molecule has 0 saturated carbocycles. The van der Waals surface area contributed by atoms with E-state index < -0.39 is 0 Å². The van der Waals surface area contributed by atoms with E-state index in [1.54, 1.807) is 19.1 Å². The van der Waals surface area contributed by atoms with Crippen LogP contribution < -0.4 is 11.1 Å². The monoisotopic (exact) mass is 431 g/mol. The van der Waals surface area contributed by atoms with E-state index >= 15 is 0 Å². The minimum Gasteiger partial charge on any atom is -0.321 e. The Labute approximate surface area is 175 Å². The number of halogens is 2. The van der Waals surface area contributed by atoms with Gasteiger partial charge in [0.05, 0.1) is 4.90 Å². The van der Waals surface area contributed by atoms with E-state index in [9.17, 15) is 9.59 Å². The Morgan fingerprint density at radius 2 is 1.75 bits per heavy atom. The molecule has 0 radical (unpaired) electrons. The van der Waals surface area contributed by atoms with E-state index in [1.807, 2.05) is 36.4 Å². The van der Waals surface area contributed by atoms with Crippen LogP contribution in [0.5, 0.6) is 0 Å². The van der Waals surface area contributed by atoms with E-state index in [4.69, 9.17) is 11.6 Å². The number of nitrogens with zero attached hydrogens (tertiary/aromatic N) is 1. The number of aryl methyl sites for hydroxylation is 1. The summed E-state index contributed by atoms with van der Waals surface area (Å²) < 4.78 is 0. The molecular weight excluding hydrogens is 417 g/mol. The first-order chi connectivity index (χ1) is 13.0. The quantitative estimate of drug-likeness (QED) is 0.456. The van der Waals surface area contributed by atoms with Crippen molar-refractivity contribution in [1.29, 1.82) is 0 Å². The van der Waals surface area contributed by atoms with Crippen molar-refractivity contribution in [3.8, 4) is 11.1 Å². The molecule has 0 atom stereocenters.